The minimum absolute atomic E-state index is 0.0575. The van der Waals surface area contributed by atoms with E-state index in [1.54, 1.807) is 0 Å². The van der Waals surface area contributed by atoms with Crippen molar-refractivity contribution in [3.63, 3.8) is 0 Å². The first kappa shape index (κ1) is 22.6. The molecule has 0 spiro atoms. The van der Waals surface area contributed by atoms with Gasteiger partial charge in [-0.15, -0.1) is 13.2 Å². The van der Waals surface area contributed by atoms with E-state index in [1.807, 2.05) is 0 Å². The molecule has 1 saturated heterocycles. The fourth-order valence-electron chi connectivity index (χ4n) is 2.94. The van der Waals surface area contributed by atoms with Crippen molar-refractivity contribution in [3.8, 4) is 5.75 Å². The average Bonchev–Trinajstić information content (AvgIpc) is 3.21. The van der Waals surface area contributed by atoms with Gasteiger partial charge in [0.15, 0.2) is 0 Å². The molecule has 168 valence electrons. The second-order valence-electron chi connectivity index (χ2n) is 7.03. The first-order valence-corrected chi connectivity index (χ1v) is 10.2. The van der Waals surface area contributed by atoms with Crippen LogP contribution in [0.25, 0.3) is 0 Å². The van der Waals surface area contributed by atoms with E-state index in [4.69, 9.17) is 4.42 Å². The summed E-state index contributed by atoms with van der Waals surface area (Å²) in [6, 6.07) is 6.30. The van der Waals surface area contributed by atoms with Crippen molar-refractivity contribution in [2.24, 2.45) is 0 Å². The van der Waals surface area contributed by atoms with E-state index in [0.29, 0.717) is 0 Å². The van der Waals surface area contributed by atoms with Crippen molar-refractivity contribution in [2.75, 3.05) is 14.1 Å². The molecule has 2 aromatic rings. The number of rotatable bonds is 6. The number of urea groups is 1. The Morgan fingerprint density at radius 1 is 1.13 bits per heavy atom. The number of hydrogen-bond donors (Lipinski definition) is 1. The number of halogens is 3. The Morgan fingerprint density at radius 3 is 2.29 bits per heavy atom. The molecule has 0 aliphatic carbocycles. The summed E-state index contributed by atoms with van der Waals surface area (Å²) in [4.78, 5) is 26.2. The van der Waals surface area contributed by atoms with Gasteiger partial charge in [-0.2, -0.15) is 0 Å². The van der Waals surface area contributed by atoms with E-state index in [0.717, 1.165) is 21.3 Å². The van der Waals surface area contributed by atoms with Gasteiger partial charge >= 0.3 is 12.4 Å². The number of ether oxygens (including phenoxy) is 1. The van der Waals surface area contributed by atoms with Crippen LogP contribution in [0.15, 0.2) is 45.9 Å². The summed E-state index contributed by atoms with van der Waals surface area (Å²) < 4.78 is 71.2. The van der Waals surface area contributed by atoms with Crippen molar-refractivity contribution in [1.29, 1.82) is 0 Å². The monoisotopic (exact) mass is 461 g/mol. The van der Waals surface area contributed by atoms with Crippen molar-refractivity contribution >= 4 is 22.0 Å². The average molecular weight is 461 g/mol. The molecule has 1 unspecified atom stereocenters. The summed E-state index contributed by atoms with van der Waals surface area (Å²) in [6.07, 6.45) is -4.86. The maximum absolute atomic E-state index is 12.9. The van der Waals surface area contributed by atoms with Crippen molar-refractivity contribution in [3.05, 3.63) is 47.7 Å². The summed E-state index contributed by atoms with van der Waals surface area (Å²) in [7, 11) is -1.18. The Bertz CT molecular complexity index is 1110. The molecule has 13 heteroatoms. The fourth-order valence-corrected chi connectivity index (χ4v) is 3.76. The summed E-state index contributed by atoms with van der Waals surface area (Å²) >= 11 is 0. The Hall–Kier alpha value is -3.06. The number of alkyl halides is 3. The Balaban J connectivity index is 1.80. The topological polar surface area (TPSA) is 109 Å². The molecule has 1 N–H and O–H groups in total. The number of furan rings is 1. The zero-order valence-corrected chi connectivity index (χ0v) is 17.4. The van der Waals surface area contributed by atoms with Gasteiger partial charge in [0.25, 0.3) is 15.9 Å². The third-order valence-corrected chi connectivity index (χ3v) is 6.32. The number of hydrogen-bond acceptors (Lipinski definition) is 6. The molecule has 3 rings (SSSR count). The van der Waals surface area contributed by atoms with E-state index in [2.05, 4.69) is 10.1 Å². The Kier molecular flexibility index (Phi) is 5.52. The lowest BCUT2D eigenvalue weighted by molar-refractivity contribution is -0.274. The Labute approximate surface area is 175 Å². The highest BCUT2D eigenvalue weighted by Crippen LogP contribution is 2.32. The zero-order valence-electron chi connectivity index (χ0n) is 16.6. The molecule has 0 saturated carbocycles. The van der Waals surface area contributed by atoms with Gasteiger partial charge in [-0.05, 0) is 36.8 Å². The first-order valence-electron chi connectivity index (χ1n) is 8.76. The number of carbonyl (C=O) groups is 2. The molecule has 31 heavy (non-hydrogen) atoms. The van der Waals surface area contributed by atoms with E-state index < -0.39 is 39.6 Å². The predicted octanol–water partition coefficient (Wildman–Crippen LogP) is 2.40. The summed E-state index contributed by atoms with van der Waals surface area (Å²) in [5, 5.41) is 2.15. The maximum Gasteiger partial charge on any atom is 0.573 e. The van der Waals surface area contributed by atoms with Gasteiger partial charge in [0.05, 0.1) is 6.54 Å². The highest BCUT2D eigenvalue weighted by molar-refractivity contribution is 7.88. The van der Waals surface area contributed by atoms with E-state index in [9.17, 15) is 31.2 Å². The van der Waals surface area contributed by atoms with Crippen molar-refractivity contribution in [2.45, 2.75) is 30.5 Å². The van der Waals surface area contributed by atoms with Crippen LogP contribution >= 0.6 is 0 Å². The van der Waals surface area contributed by atoms with E-state index >= 15 is 0 Å². The van der Waals surface area contributed by atoms with Crippen LogP contribution in [0.1, 0.15) is 18.2 Å². The molecule has 0 bridgehead atoms. The normalized spacial score (nSPS) is 19.8. The maximum atomic E-state index is 12.9. The van der Waals surface area contributed by atoms with Crippen LogP contribution in [0, 0.1) is 0 Å². The number of nitrogens with one attached hydrogen (secondary N) is 1. The molecular formula is C18H18F3N3O6S. The van der Waals surface area contributed by atoms with Gasteiger partial charge in [-0.25, -0.2) is 17.5 Å². The number of sulfonamides is 1. The van der Waals surface area contributed by atoms with Gasteiger partial charge in [-0.3, -0.25) is 9.69 Å². The van der Waals surface area contributed by atoms with Crippen molar-refractivity contribution in [1.82, 2.24) is 14.5 Å². The number of carbonyl (C=O) groups excluding carboxylic acids is 2. The van der Waals surface area contributed by atoms with Crippen molar-refractivity contribution < 1.29 is 40.3 Å². The molecule has 1 aliphatic heterocycles. The fraction of sp³-hybridized carbons (Fsp3) is 0.333. The van der Waals surface area contributed by atoms with Crippen LogP contribution in [0.4, 0.5) is 18.0 Å². The van der Waals surface area contributed by atoms with Crippen LogP contribution in [-0.4, -0.2) is 50.0 Å². The smallest absolute Gasteiger partial charge is 0.446 e. The Morgan fingerprint density at radius 2 is 1.74 bits per heavy atom. The van der Waals surface area contributed by atoms with Crippen LogP contribution in [0.3, 0.4) is 0 Å². The molecule has 9 nitrogen and oxygen atoms in total. The number of benzene rings is 1. The number of amides is 3. The van der Waals surface area contributed by atoms with Gasteiger partial charge < -0.3 is 14.5 Å². The van der Waals surface area contributed by atoms with Crippen LogP contribution in [0.2, 0.25) is 0 Å². The molecule has 0 radical (unpaired) electrons. The summed E-state index contributed by atoms with van der Waals surface area (Å²) in [5.41, 5.74) is -1.31. The summed E-state index contributed by atoms with van der Waals surface area (Å²) in [5.74, 6) is -1.10. The molecule has 1 aromatic heterocycles. The molecular weight excluding hydrogens is 443 g/mol. The van der Waals surface area contributed by atoms with Gasteiger partial charge in [-0.1, -0.05) is 12.1 Å². The molecule has 1 fully saturated rings. The third kappa shape index (κ3) is 4.37. The molecule has 3 amide bonds. The molecule has 1 atom stereocenters. The van der Waals surface area contributed by atoms with Crippen LogP contribution in [0.5, 0.6) is 5.75 Å². The lowest BCUT2D eigenvalue weighted by Gasteiger charge is -2.22. The first-order chi connectivity index (χ1) is 14.2. The lowest BCUT2D eigenvalue weighted by atomic mass is 9.92. The number of nitrogens with zero attached hydrogens (tertiary/aromatic N) is 2. The predicted molar refractivity (Wildman–Crippen MR) is 99.1 cm³/mol. The standard InChI is InChI=1S/C18H18F3N3O6S/c1-17(11-4-6-12(7-5-11)30-18(19,20)21)15(25)24(16(26)22-17)10-13-8-9-14(29-13)31(27,28)23(2)3/h4-9H,10H2,1-3H3,(H,22,26). The quantitative estimate of drug-likeness (QED) is 0.662. The van der Waals surface area contributed by atoms with E-state index in [1.165, 1.54) is 45.3 Å². The van der Waals surface area contributed by atoms with Crippen LogP contribution < -0.4 is 10.1 Å². The molecule has 1 aromatic carbocycles. The largest absolute Gasteiger partial charge is 0.573 e. The molecule has 1 aliphatic rings. The summed E-state index contributed by atoms with van der Waals surface area (Å²) in [6.45, 7) is 1.06. The highest BCUT2D eigenvalue weighted by atomic mass is 32.2. The second kappa shape index (κ2) is 7.57. The molecule has 2 heterocycles. The SMILES string of the molecule is CN(C)S(=O)(=O)c1ccc(CN2C(=O)NC(C)(c3ccc(OC(F)(F)F)cc3)C2=O)o1. The highest BCUT2D eigenvalue weighted by Gasteiger charge is 2.49. The van der Waals surface area contributed by atoms with Gasteiger partial charge in [0.1, 0.15) is 17.0 Å². The minimum Gasteiger partial charge on any atom is -0.446 e. The zero-order chi connectivity index (χ0) is 23.2. The minimum atomic E-state index is -4.86. The van der Waals surface area contributed by atoms with Gasteiger partial charge in [0, 0.05) is 14.1 Å². The third-order valence-electron chi connectivity index (χ3n) is 4.63. The number of imide groups is 1. The second-order valence-corrected chi connectivity index (χ2v) is 9.11. The van der Waals surface area contributed by atoms with Crippen LogP contribution in [-0.2, 0) is 26.9 Å². The van der Waals surface area contributed by atoms with Gasteiger partial charge in [0.2, 0.25) is 5.09 Å². The van der Waals surface area contributed by atoms with E-state index in [-0.39, 0.29) is 23.0 Å². The lowest BCUT2D eigenvalue weighted by Crippen LogP contribution is -2.40.